The summed E-state index contributed by atoms with van der Waals surface area (Å²) in [4.78, 5) is 17.3. The average Bonchev–Trinajstić information content (AvgIpc) is 3.21. The molecule has 0 spiro atoms. The second-order valence-corrected chi connectivity index (χ2v) is 8.93. The van der Waals surface area contributed by atoms with Gasteiger partial charge in [0.25, 0.3) is 0 Å². The first-order valence-electron chi connectivity index (χ1n) is 10.1. The Morgan fingerprint density at radius 2 is 2.07 bits per heavy atom. The molecule has 1 aromatic carbocycles. The van der Waals surface area contributed by atoms with E-state index in [1.807, 2.05) is 35.6 Å². The Kier molecular flexibility index (Phi) is 5.81. The summed E-state index contributed by atoms with van der Waals surface area (Å²) in [5.74, 6) is 1.56. The highest BCUT2D eigenvalue weighted by Gasteiger charge is 2.23. The topological polar surface area (TPSA) is 56.6 Å². The first kappa shape index (κ1) is 20.5. The van der Waals surface area contributed by atoms with E-state index in [-0.39, 0.29) is 5.91 Å². The van der Waals surface area contributed by atoms with Crippen molar-refractivity contribution in [1.29, 1.82) is 0 Å². The Labute approximate surface area is 181 Å². The van der Waals surface area contributed by atoms with Crippen LogP contribution in [0.5, 0.6) is 11.5 Å². The number of aryl methyl sites for hydroxylation is 4. The van der Waals surface area contributed by atoms with Gasteiger partial charge in [-0.1, -0.05) is 0 Å². The van der Waals surface area contributed by atoms with E-state index >= 15 is 0 Å². The lowest BCUT2D eigenvalue weighted by atomic mass is 10.1. The molecule has 0 saturated heterocycles. The Morgan fingerprint density at radius 1 is 1.23 bits per heavy atom. The number of thiophene rings is 1. The maximum absolute atomic E-state index is 13.0. The van der Waals surface area contributed by atoms with Gasteiger partial charge in [-0.15, -0.1) is 11.3 Å². The lowest BCUT2D eigenvalue weighted by molar-refractivity contribution is -0.132. The number of benzene rings is 1. The van der Waals surface area contributed by atoms with Crippen LogP contribution < -0.4 is 9.47 Å². The highest BCUT2D eigenvalue weighted by atomic mass is 32.1. The van der Waals surface area contributed by atoms with Crippen LogP contribution in [0.25, 0.3) is 10.4 Å². The van der Waals surface area contributed by atoms with Crippen molar-refractivity contribution in [3.63, 3.8) is 0 Å². The van der Waals surface area contributed by atoms with E-state index in [1.54, 1.807) is 18.4 Å². The highest BCUT2D eigenvalue weighted by molar-refractivity contribution is 7.15. The van der Waals surface area contributed by atoms with Crippen molar-refractivity contribution >= 4 is 17.2 Å². The fourth-order valence-corrected chi connectivity index (χ4v) is 4.70. The highest BCUT2D eigenvalue weighted by Crippen LogP contribution is 2.40. The van der Waals surface area contributed by atoms with Crippen molar-refractivity contribution in [3.05, 3.63) is 52.2 Å². The van der Waals surface area contributed by atoms with Crippen molar-refractivity contribution in [2.45, 2.75) is 40.3 Å². The minimum atomic E-state index is 0.107. The van der Waals surface area contributed by atoms with Crippen molar-refractivity contribution in [2.75, 3.05) is 20.3 Å². The zero-order valence-electron chi connectivity index (χ0n) is 17.9. The van der Waals surface area contributed by atoms with Crippen LogP contribution in [-0.4, -0.2) is 40.8 Å². The number of amides is 1. The number of carbonyl (C=O) groups excluding carboxylic acids is 1. The maximum atomic E-state index is 13.0. The molecule has 0 radical (unpaired) electrons. The number of nitrogens with zero attached hydrogens (tertiary/aromatic N) is 3. The van der Waals surface area contributed by atoms with E-state index in [0.29, 0.717) is 38.4 Å². The van der Waals surface area contributed by atoms with Gasteiger partial charge in [-0.25, -0.2) is 0 Å². The number of carbonyl (C=O) groups is 1. The van der Waals surface area contributed by atoms with Crippen LogP contribution in [0, 0.1) is 20.8 Å². The predicted molar refractivity (Wildman–Crippen MR) is 118 cm³/mol. The zero-order valence-corrected chi connectivity index (χ0v) is 18.7. The third-order valence-corrected chi connectivity index (χ3v) is 6.39. The molecule has 30 heavy (non-hydrogen) atoms. The number of rotatable bonds is 5. The van der Waals surface area contributed by atoms with Crippen LogP contribution in [0.4, 0.5) is 0 Å². The largest absolute Gasteiger partial charge is 0.493 e. The van der Waals surface area contributed by atoms with Crippen molar-refractivity contribution < 1.29 is 14.3 Å². The molecule has 1 aliphatic heterocycles. The lowest BCUT2D eigenvalue weighted by Crippen LogP contribution is -2.33. The molecule has 0 saturated carbocycles. The normalized spacial score (nSPS) is 13.5. The Balaban J connectivity index is 1.55. The van der Waals surface area contributed by atoms with Crippen LogP contribution in [0.1, 0.15) is 28.2 Å². The number of hydrogen-bond donors (Lipinski definition) is 0. The monoisotopic (exact) mass is 425 g/mol. The second-order valence-electron chi connectivity index (χ2n) is 7.64. The molecule has 0 bridgehead atoms. The SMILES string of the molecule is COc1cc(-c2ccc(C)s2)cc2c1OCCN(C(=O)CCn1nc(C)cc1C)C2. The minimum Gasteiger partial charge on any atom is -0.493 e. The van der Waals surface area contributed by atoms with E-state index in [9.17, 15) is 4.79 Å². The summed E-state index contributed by atoms with van der Waals surface area (Å²) in [6.45, 7) is 8.18. The molecule has 158 valence electrons. The molecule has 0 fully saturated rings. The lowest BCUT2D eigenvalue weighted by Gasteiger charge is -2.20. The third-order valence-electron chi connectivity index (χ3n) is 5.34. The molecule has 7 heteroatoms. The minimum absolute atomic E-state index is 0.107. The van der Waals surface area contributed by atoms with Gasteiger partial charge in [-0.3, -0.25) is 9.48 Å². The molecule has 2 aromatic heterocycles. The summed E-state index contributed by atoms with van der Waals surface area (Å²) in [7, 11) is 1.66. The van der Waals surface area contributed by atoms with Gasteiger partial charge >= 0.3 is 0 Å². The number of fused-ring (bicyclic) bond motifs is 1. The zero-order chi connectivity index (χ0) is 21.3. The molecule has 1 amide bonds. The van der Waals surface area contributed by atoms with Gasteiger partial charge in [0.1, 0.15) is 6.61 Å². The van der Waals surface area contributed by atoms with Gasteiger partial charge in [0.05, 0.1) is 19.3 Å². The molecule has 3 aromatic rings. The van der Waals surface area contributed by atoms with Gasteiger partial charge < -0.3 is 14.4 Å². The molecule has 0 atom stereocenters. The number of hydrogen-bond acceptors (Lipinski definition) is 5. The average molecular weight is 426 g/mol. The smallest absolute Gasteiger partial charge is 0.224 e. The molecule has 0 unspecified atom stereocenters. The number of aromatic nitrogens is 2. The van der Waals surface area contributed by atoms with Crippen LogP contribution in [-0.2, 0) is 17.9 Å². The van der Waals surface area contributed by atoms with Gasteiger partial charge in [-0.2, -0.15) is 5.10 Å². The van der Waals surface area contributed by atoms with Crippen molar-refractivity contribution in [2.24, 2.45) is 0 Å². The maximum Gasteiger partial charge on any atom is 0.224 e. The van der Waals surface area contributed by atoms with E-state index in [0.717, 1.165) is 28.3 Å². The molecule has 4 rings (SSSR count). The molecule has 6 nitrogen and oxygen atoms in total. The van der Waals surface area contributed by atoms with E-state index in [4.69, 9.17) is 9.47 Å². The Bertz CT molecular complexity index is 1070. The fourth-order valence-electron chi connectivity index (χ4n) is 3.84. The van der Waals surface area contributed by atoms with Crippen LogP contribution in [0.2, 0.25) is 0 Å². The number of methoxy groups -OCH3 is 1. The summed E-state index contributed by atoms with van der Waals surface area (Å²) in [5, 5.41) is 4.46. The first-order valence-corrected chi connectivity index (χ1v) is 11.0. The molecule has 1 aliphatic rings. The van der Waals surface area contributed by atoms with Gasteiger partial charge in [0.15, 0.2) is 11.5 Å². The molecular formula is C23H27N3O3S. The van der Waals surface area contributed by atoms with Crippen LogP contribution >= 0.6 is 11.3 Å². The van der Waals surface area contributed by atoms with Crippen molar-refractivity contribution in [1.82, 2.24) is 14.7 Å². The quantitative estimate of drug-likeness (QED) is 0.610. The molecule has 0 N–H and O–H groups in total. The predicted octanol–water partition coefficient (Wildman–Crippen LogP) is 4.36. The van der Waals surface area contributed by atoms with Gasteiger partial charge in [0.2, 0.25) is 5.91 Å². The Morgan fingerprint density at radius 3 is 2.73 bits per heavy atom. The fraction of sp³-hybridized carbons (Fsp3) is 0.391. The standard InChI is InChI=1S/C23H27N3O3S/c1-15-11-16(2)26(24-15)8-7-22(27)25-9-10-29-23-19(14-25)12-18(13-20(23)28-4)21-6-5-17(3)30-21/h5-6,11-13H,7-10,14H2,1-4H3. The summed E-state index contributed by atoms with van der Waals surface area (Å²) in [6.07, 6.45) is 0.415. The number of ether oxygens (including phenoxy) is 2. The van der Waals surface area contributed by atoms with E-state index in [1.165, 1.54) is 9.75 Å². The summed E-state index contributed by atoms with van der Waals surface area (Å²) >= 11 is 1.75. The Hall–Kier alpha value is -2.80. The van der Waals surface area contributed by atoms with Crippen molar-refractivity contribution in [3.8, 4) is 21.9 Å². The van der Waals surface area contributed by atoms with E-state index in [2.05, 4.69) is 30.2 Å². The summed E-state index contributed by atoms with van der Waals surface area (Å²) < 4.78 is 13.5. The summed E-state index contributed by atoms with van der Waals surface area (Å²) in [5.41, 5.74) is 4.11. The molecule has 3 heterocycles. The van der Waals surface area contributed by atoms with Gasteiger partial charge in [-0.05, 0) is 56.7 Å². The first-order chi connectivity index (χ1) is 14.4. The third kappa shape index (κ3) is 4.21. The molecular weight excluding hydrogens is 398 g/mol. The van der Waals surface area contributed by atoms with E-state index < -0.39 is 0 Å². The van der Waals surface area contributed by atoms with Crippen LogP contribution in [0.15, 0.2) is 30.3 Å². The van der Waals surface area contributed by atoms with Gasteiger partial charge in [0, 0.05) is 40.5 Å². The molecule has 0 aliphatic carbocycles. The second kappa shape index (κ2) is 8.52. The summed E-state index contributed by atoms with van der Waals surface area (Å²) in [6, 6.07) is 10.4. The van der Waals surface area contributed by atoms with Crippen LogP contribution in [0.3, 0.4) is 0 Å².